The fourth-order valence-electron chi connectivity index (χ4n) is 4.61. The summed E-state index contributed by atoms with van der Waals surface area (Å²) in [6.45, 7) is 0. The van der Waals surface area contributed by atoms with Gasteiger partial charge in [-0.15, -0.1) is 0 Å². The molecule has 0 saturated carbocycles. The predicted molar refractivity (Wildman–Crippen MR) is 134 cm³/mol. The number of hydrogen-bond acceptors (Lipinski definition) is 3. The van der Waals surface area contributed by atoms with Crippen molar-refractivity contribution >= 4 is 23.8 Å². The van der Waals surface area contributed by atoms with Crippen LogP contribution in [0.4, 0.5) is 0 Å². The Morgan fingerprint density at radius 1 is 0.545 bits per heavy atom. The molecule has 1 atom stereocenters. The van der Waals surface area contributed by atoms with Crippen molar-refractivity contribution in [2.75, 3.05) is 0 Å². The van der Waals surface area contributed by atoms with Crippen LogP contribution in [0.3, 0.4) is 0 Å². The van der Waals surface area contributed by atoms with Crippen molar-refractivity contribution in [3.05, 3.63) is 109 Å². The molecule has 0 amide bonds. The predicted octanol–water partition coefficient (Wildman–Crippen LogP) is 6.39. The van der Waals surface area contributed by atoms with E-state index in [1.54, 1.807) is 6.20 Å². The number of benzene rings is 4. The number of aromatic nitrogens is 1. The van der Waals surface area contributed by atoms with E-state index in [9.17, 15) is 0 Å². The van der Waals surface area contributed by atoms with Crippen LogP contribution in [0.5, 0.6) is 23.0 Å². The molecule has 0 N–H and O–H groups in total. The van der Waals surface area contributed by atoms with Gasteiger partial charge in [-0.25, -0.2) is 0 Å². The second kappa shape index (κ2) is 7.30. The molecule has 7 rings (SSSR count). The molecule has 4 heteroatoms. The number of fused-ring (bicyclic) bond motifs is 4. The summed E-state index contributed by atoms with van der Waals surface area (Å²) < 4.78 is 12.9. The maximum absolute atomic E-state index is 6.57. The minimum atomic E-state index is -0.758. The number of rotatable bonds is 2. The largest absolute Gasteiger partial charge is 0.456 e. The molecule has 5 aromatic rings. The first-order valence-electron chi connectivity index (χ1n) is 10.9. The number of ether oxygens (including phenoxy) is 2. The zero-order chi connectivity index (χ0) is 21.8. The molecule has 0 spiro atoms. The van der Waals surface area contributed by atoms with E-state index in [4.69, 9.17) is 9.47 Å². The maximum Gasteiger partial charge on any atom is 0.147 e. The lowest BCUT2D eigenvalue weighted by Gasteiger charge is -2.35. The molecule has 3 nitrogen and oxygen atoms in total. The Balaban J connectivity index is 1.41. The molecule has 4 aromatic carbocycles. The van der Waals surface area contributed by atoms with Crippen molar-refractivity contribution < 1.29 is 9.47 Å². The van der Waals surface area contributed by atoms with Crippen molar-refractivity contribution in [1.29, 1.82) is 0 Å². The molecule has 0 fully saturated rings. The molecule has 33 heavy (non-hydrogen) atoms. The smallest absolute Gasteiger partial charge is 0.147 e. The van der Waals surface area contributed by atoms with Gasteiger partial charge >= 0.3 is 0 Å². The van der Waals surface area contributed by atoms with Crippen LogP contribution in [-0.2, 0) is 0 Å². The van der Waals surface area contributed by atoms with Crippen LogP contribution >= 0.6 is 7.92 Å². The summed E-state index contributed by atoms with van der Waals surface area (Å²) in [5.41, 5.74) is 4.45. The van der Waals surface area contributed by atoms with Crippen molar-refractivity contribution in [3.8, 4) is 45.3 Å². The fourth-order valence-corrected chi connectivity index (χ4v) is 7.21. The van der Waals surface area contributed by atoms with E-state index in [-0.39, 0.29) is 0 Å². The zero-order valence-corrected chi connectivity index (χ0v) is 18.5. The molecule has 0 aliphatic carbocycles. The molecule has 0 bridgehead atoms. The monoisotopic (exact) mass is 443 g/mol. The molecule has 0 radical (unpaired) electrons. The first kappa shape index (κ1) is 18.6. The average molecular weight is 443 g/mol. The van der Waals surface area contributed by atoms with Gasteiger partial charge in [0.15, 0.2) is 0 Å². The SMILES string of the molecule is c1cncc(-c2ccc(-c3ccc4c5c3Oc3ccccc3P5c3ccccc3O4)cc2)c1. The third kappa shape index (κ3) is 2.90. The van der Waals surface area contributed by atoms with Gasteiger partial charge in [0.05, 0.1) is 5.30 Å². The molecule has 1 aromatic heterocycles. The lowest BCUT2D eigenvalue weighted by Crippen LogP contribution is -2.32. The van der Waals surface area contributed by atoms with Crippen molar-refractivity contribution in [1.82, 2.24) is 4.98 Å². The number of nitrogens with zero attached hydrogens (tertiary/aromatic N) is 1. The molecule has 2 aliphatic heterocycles. The average Bonchev–Trinajstić information content (AvgIpc) is 2.89. The van der Waals surface area contributed by atoms with Crippen LogP contribution in [0.1, 0.15) is 0 Å². The van der Waals surface area contributed by atoms with Crippen molar-refractivity contribution in [2.24, 2.45) is 0 Å². The summed E-state index contributed by atoms with van der Waals surface area (Å²) in [5.74, 6) is 3.66. The van der Waals surface area contributed by atoms with E-state index in [2.05, 4.69) is 83.8 Å². The van der Waals surface area contributed by atoms with E-state index in [0.717, 1.165) is 50.6 Å². The summed E-state index contributed by atoms with van der Waals surface area (Å²) in [6, 6.07) is 33.6. The van der Waals surface area contributed by atoms with E-state index in [1.807, 2.05) is 24.4 Å². The van der Waals surface area contributed by atoms with Gasteiger partial charge in [0, 0.05) is 36.5 Å². The van der Waals surface area contributed by atoms with Crippen LogP contribution in [-0.4, -0.2) is 4.98 Å². The molecular formula is C29H18NO2P. The summed E-state index contributed by atoms with van der Waals surface area (Å²) in [5, 5.41) is 3.64. The molecule has 3 heterocycles. The highest BCUT2D eigenvalue weighted by Crippen LogP contribution is 2.54. The Bertz CT molecular complexity index is 1500. The lowest BCUT2D eigenvalue weighted by molar-refractivity contribution is 0.467. The Morgan fingerprint density at radius 3 is 1.97 bits per heavy atom. The van der Waals surface area contributed by atoms with Gasteiger partial charge in [0.1, 0.15) is 23.0 Å². The van der Waals surface area contributed by atoms with Gasteiger partial charge < -0.3 is 9.47 Å². The third-order valence-corrected chi connectivity index (χ3v) is 8.73. The highest BCUT2D eigenvalue weighted by molar-refractivity contribution is 7.80. The van der Waals surface area contributed by atoms with Gasteiger partial charge in [-0.2, -0.15) is 0 Å². The highest BCUT2D eigenvalue weighted by atomic mass is 31.1. The Labute approximate surface area is 193 Å². The normalized spacial score (nSPS) is 14.8. The number of hydrogen-bond donors (Lipinski definition) is 0. The third-order valence-electron chi connectivity index (χ3n) is 6.15. The van der Waals surface area contributed by atoms with Gasteiger partial charge in [-0.1, -0.05) is 66.7 Å². The van der Waals surface area contributed by atoms with Gasteiger partial charge in [-0.05, 0) is 47.0 Å². The minimum Gasteiger partial charge on any atom is -0.456 e. The summed E-state index contributed by atoms with van der Waals surface area (Å²) in [6.07, 6.45) is 3.68. The van der Waals surface area contributed by atoms with Crippen molar-refractivity contribution in [2.45, 2.75) is 0 Å². The van der Waals surface area contributed by atoms with Gasteiger partial charge in [0.25, 0.3) is 0 Å². The maximum atomic E-state index is 6.57. The van der Waals surface area contributed by atoms with Crippen LogP contribution in [0, 0.1) is 0 Å². The number of para-hydroxylation sites is 2. The summed E-state index contributed by atoms with van der Waals surface area (Å²) >= 11 is 0. The number of pyridine rings is 1. The van der Waals surface area contributed by atoms with Crippen LogP contribution in [0.15, 0.2) is 109 Å². The first-order chi connectivity index (χ1) is 16.4. The topological polar surface area (TPSA) is 31.4 Å². The Kier molecular flexibility index (Phi) is 4.12. The Hall–Kier alpha value is -3.94. The second-order valence-electron chi connectivity index (χ2n) is 8.08. The summed E-state index contributed by atoms with van der Waals surface area (Å²) in [4.78, 5) is 4.24. The zero-order valence-electron chi connectivity index (χ0n) is 17.6. The van der Waals surface area contributed by atoms with Gasteiger partial charge in [-0.3, -0.25) is 4.98 Å². The molecule has 2 aliphatic rings. The molecule has 156 valence electrons. The standard InChI is InChI=1S/C29H18NO2P/c1-3-9-26-23(7-1)31-25-16-15-22(20-13-11-19(12-14-20)21-6-5-17-30-18-21)28-29(25)33(26)27-10-4-2-8-24(27)32-28/h1-18H. The second-order valence-corrected chi connectivity index (χ2v) is 10.2. The quantitative estimate of drug-likeness (QED) is 0.290. The van der Waals surface area contributed by atoms with Crippen LogP contribution in [0.2, 0.25) is 0 Å². The molecular weight excluding hydrogens is 425 g/mol. The van der Waals surface area contributed by atoms with E-state index >= 15 is 0 Å². The van der Waals surface area contributed by atoms with Crippen LogP contribution in [0.25, 0.3) is 22.3 Å². The van der Waals surface area contributed by atoms with Crippen molar-refractivity contribution in [3.63, 3.8) is 0 Å². The van der Waals surface area contributed by atoms with E-state index < -0.39 is 7.92 Å². The van der Waals surface area contributed by atoms with Gasteiger partial charge in [0.2, 0.25) is 0 Å². The molecule has 0 saturated heterocycles. The highest BCUT2D eigenvalue weighted by Gasteiger charge is 2.37. The minimum absolute atomic E-state index is 0.758. The lowest BCUT2D eigenvalue weighted by atomic mass is 10.00. The first-order valence-corrected chi connectivity index (χ1v) is 12.2. The fraction of sp³-hybridized carbons (Fsp3) is 0. The molecule has 1 unspecified atom stereocenters. The Morgan fingerprint density at radius 2 is 1.24 bits per heavy atom. The van der Waals surface area contributed by atoms with Crippen LogP contribution < -0.4 is 25.4 Å². The summed E-state index contributed by atoms with van der Waals surface area (Å²) in [7, 11) is -0.758. The van der Waals surface area contributed by atoms with E-state index in [0.29, 0.717) is 0 Å². The van der Waals surface area contributed by atoms with E-state index in [1.165, 1.54) is 10.6 Å².